The summed E-state index contributed by atoms with van der Waals surface area (Å²) in [6, 6.07) is 20.0. The number of hydrogen-bond donors (Lipinski definition) is 2. The Hall–Kier alpha value is -5.12. The van der Waals surface area contributed by atoms with Crippen molar-refractivity contribution in [3.63, 3.8) is 0 Å². The second-order valence-corrected chi connectivity index (χ2v) is 7.86. The second kappa shape index (κ2) is 12.2. The van der Waals surface area contributed by atoms with Gasteiger partial charge in [0.2, 0.25) is 0 Å². The summed E-state index contributed by atoms with van der Waals surface area (Å²) in [6.07, 6.45) is 2.62. The fourth-order valence-corrected chi connectivity index (χ4v) is 3.65. The van der Waals surface area contributed by atoms with Gasteiger partial charge in [0.25, 0.3) is 0 Å². The molecule has 0 aliphatic heterocycles. The third-order valence-electron chi connectivity index (χ3n) is 5.44. The van der Waals surface area contributed by atoms with E-state index in [0.717, 1.165) is 0 Å². The summed E-state index contributed by atoms with van der Waals surface area (Å²) in [5.41, 5.74) is 2.18. The first-order valence-corrected chi connectivity index (χ1v) is 11.5. The number of amides is 2. The van der Waals surface area contributed by atoms with Crippen LogP contribution in [0.15, 0.2) is 85.2 Å². The van der Waals surface area contributed by atoms with Gasteiger partial charge >= 0.3 is 12.0 Å². The fraction of sp³-hybridized carbons (Fsp3) is 0.143. The molecule has 0 radical (unpaired) electrons. The van der Waals surface area contributed by atoms with Crippen molar-refractivity contribution in [2.45, 2.75) is 6.10 Å². The lowest BCUT2D eigenvalue weighted by atomic mass is 10.1. The summed E-state index contributed by atoms with van der Waals surface area (Å²) in [4.78, 5) is 34.1. The van der Waals surface area contributed by atoms with Crippen molar-refractivity contribution in [2.75, 3.05) is 32.0 Å². The molecule has 2 heterocycles. The van der Waals surface area contributed by atoms with Gasteiger partial charge in [-0.1, -0.05) is 12.1 Å². The van der Waals surface area contributed by atoms with Crippen LogP contribution in [0.4, 0.5) is 16.2 Å². The number of ether oxygens (including phenoxy) is 4. The van der Waals surface area contributed by atoms with E-state index in [2.05, 4.69) is 20.6 Å². The molecule has 2 N–H and O–H groups in total. The number of hydrogen-bond acceptors (Lipinski definition) is 8. The third-order valence-corrected chi connectivity index (χ3v) is 5.44. The van der Waals surface area contributed by atoms with Crippen LogP contribution in [-0.4, -0.2) is 43.3 Å². The van der Waals surface area contributed by atoms with Crippen molar-refractivity contribution in [1.82, 2.24) is 9.97 Å². The van der Waals surface area contributed by atoms with E-state index in [1.54, 1.807) is 54.9 Å². The lowest BCUT2D eigenvalue weighted by Gasteiger charge is -2.20. The number of urea groups is 1. The number of nitrogens with one attached hydrogen (secondary N) is 2. The van der Waals surface area contributed by atoms with Crippen LogP contribution in [0.5, 0.6) is 17.2 Å². The highest BCUT2D eigenvalue weighted by Crippen LogP contribution is 2.32. The van der Waals surface area contributed by atoms with Crippen molar-refractivity contribution < 1.29 is 28.5 Å². The highest BCUT2D eigenvalue weighted by atomic mass is 16.5. The smallest absolute Gasteiger partial charge is 0.341 e. The van der Waals surface area contributed by atoms with Crippen molar-refractivity contribution in [3.05, 3.63) is 102 Å². The Morgan fingerprint density at radius 3 is 1.82 bits per heavy atom. The Bertz CT molecular complexity index is 1360. The number of methoxy groups -OCH3 is 3. The first kappa shape index (κ1) is 26.0. The van der Waals surface area contributed by atoms with Crippen molar-refractivity contribution >= 4 is 23.4 Å². The molecule has 194 valence electrons. The monoisotopic (exact) mass is 514 g/mol. The molecule has 0 atom stereocenters. The van der Waals surface area contributed by atoms with Gasteiger partial charge in [0.1, 0.15) is 11.3 Å². The van der Waals surface area contributed by atoms with Gasteiger partial charge in [-0.2, -0.15) is 0 Å². The van der Waals surface area contributed by atoms with Crippen LogP contribution >= 0.6 is 0 Å². The third kappa shape index (κ3) is 6.16. The number of anilines is 2. The molecule has 4 rings (SSSR count). The van der Waals surface area contributed by atoms with Crippen LogP contribution < -0.4 is 24.8 Å². The number of aromatic nitrogens is 2. The van der Waals surface area contributed by atoms with Gasteiger partial charge in [0, 0.05) is 29.8 Å². The zero-order valence-electron chi connectivity index (χ0n) is 21.0. The maximum absolute atomic E-state index is 12.7. The zero-order valence-corrected chi connectivity index (χ0v) is 21.0. The number of benzene rings is 2. The van der Waals surface area contributed by atoms with Gasteiger partial charge in [-0.05, 0) is 54.6 Å². The predicted molar refractivity (Wildman–Crippen MR) is 141 cm³/mol. The summed E-state index contributed by atoms with van der Waals surface area (Å²) in [5.74, 6) is 0.607. The van der Waals surface area contributed by atoms with Crippen LogP contribution in [0, 0.1) is 0 Å². The van der Waals surface area contributed by atoms with Crippen LogP contribution in [0.1, 0.15) is 27.8 Å². The van der Waals surface area contributed by atoms with E-state index in [1.807, 2.05) is 24.3 Å². The molecule has 2 aromatic heterocycles. The fourth-order valence-electron chi connectivity index (χ4n) is 3.65. The zero-order chi connectivity index (χ0) is 26.9. The van der Waals surface area contributed by atoms with Crippen molar-refractivity contribution in [1.29, 1.82) is 0 Å². The molecular weight excluding hydrogens is 488 g/mol. The molecule has 10 heteroatoms. The number of rotatable bonds is 9. The second-order valence-electron chi connectivity index (χ2n) is 7.86. The number of carbonyl (C=O) groups excluding carboxylic acids is 2. The predicted octanol–water partition coefficient (Wildman–Crippen LogP) is 5.09. The van der Waals surface area contributed by atoms with E-state index in [0.29, 0.717) is 34.3 Å². The highest BCUT2D eigenvalue weighted by molar-refractivity contribution is 6.01. The molecule has 38 heavy (non-hydrogen) atoms. The molecule has 2 amide bonds. The van der Waals surface area contributed by atoms with E-state index in [4.69, 9.17) is 18.9 Å². The minimum atomic E-state index is -0.687. The normalized spacial score (nSPS) is 10.4. The largest absolute Gasteiger partial charge is 0.493 e. The van der Waals surface area contributed by atoms with Crippen LogP contribution in [0.3, 0.4) is 0 Å². The maximum Gasteiger partial charge on any atom is 0.341 e. The first-order valence-electron chi connectivity index (χ1n) is 11.5. The average molecular weight is 515 g/mol. The number of pyridine rings is 2. The van der Waals surface area contributed by atoms with E-state index in [9.17, 15) is 9.59 Å². The first-order chi connectivity index (χ1) is 18.5. The summed E-state index contributed by atoms with van der Waals surface area (Å²) >= 11 is 0. The standard InChI is InChI=1S/C28H26N4O6/c1-35-24-13-11-19(17-25(24)36-2)32-28(34)31-18-10-12-23(20(16-18)27(33)37-3)38-26(21-8-4-6-14-29-21)22-9-5-7-15-30-22/h4-17,26H,1-3H3,(H2,31,32,34). The molecule has 0 aliphatic rings. The minimum absolute atomic E-state index is 0.119. The Balaban J connectivity index is 1.58. The molecule has 0 aliphatic carbocycles. The van der Waals surface area contributed by atoms with E-state index in [1.165, 1.54) is 27.4 Å². The Kier molecular flexibility index (Phi) is 8.35. The molecular formula is C28H26N4O6. The maximum atomic E-state index is 12.7. The summed E-state index contributed by atoms with van der Waals surface area (Å²) in [6.45, 7) is 0. The summed E-state index contributed by atoms with van der Waals surface area (Å²) < 4.78 is 21.7. The Morgan fingerprint density at radius 1 is 0.711 bits per heavy atom. The number of nitrogens with zero attached hydrogens (tertiary/aromatic N) is 2. The number of carbonyl (C=O) groups is 2. The van der Waals surface area contributed by atoms with E-state index < -0.39 is 18.1 Å². The molecule has 0 saturated carbocycles. The van der Waals surface area contributed by atoms with Gasteiger partial charge in [-0.15, -0.1) is 0 Å². The molecule has 0 saturated heterocycles. The molecule has 10 nitrogen and oxygen atoms in total. The molecule has 2 aromatic carbocycles. The van der Waals surface area contributed by atoms with Gasteiger partial charge in [0.15, 0.2) is 17.6 Å². The minimum Gasteiger partial charge on any atom is -0.493 e. The average Bonchev–Trinajstić information content (AvgIpc) is 2.96. The van der Waals surface area contributed by atoms with E-state index >= 15 is 0 Å². The molecule has 0 spiro atoms. The molecule has 0 unspecified atom stereocenters. The summed E-state index contributed by atoms with van der Waals surface area (Å²) in [7, 11) is 4.30. The van der Waals surface area contributed by atoms with Crippen molar-refractivity contribution in [2.24, 2.45) is 0 Å². The molecule has 4 aromatic rings. The van der Waals surface area contributed by atoms with Gasteiger partial charge in [-0.3, -0.25) is 9.97 Å². The quantitative estimate of drug-likeness (QED) is 0.296. The van der Waals surface area contributed by atoms with Gasteiger partial charge in [0.05, 0.1) is 32.7 Å². The SMILES string of the molecule is COC(=O)c1cc(NC(=O)Nc2ccc(OC)c(OC)c2)ccc1OC(c1ccccn1)c1ccccn1. The van der Waals surface area contributed by atoms with E-state index in [-0.39, 0.29) is 11.3 Å². The summed E-state index contributed by atoms with van der Waals surface area (Å²) in [5, 5.41) is 5.43. The number of esters is 1. The van der Waals surface area contributed by atoms with Gasteiger partial charge in [-0.25, -0.2) is 9.59 Å². The Morgan fingerprint density at radius 2 is 1.29 bits per heavy atom. The van der Waals surface area contributed by atoms with Crippen LogP contribution in [0.2, 0.25) is 0 Å². The lowest BCUT2D eigenvalue weighted by Crippen LogP contribution is -2.20. The topological polar surface area (TPSA) is 121 Å². The van der Waals surface area contributed by atoms with Crippen LogP contribution in [0.25, 0.3) is 0 Å². The Labute approximate surface area is 219 Å². The van der Waals surface area contributed by atoms with Crippen LogP contribution in [-0.2, 0) is 4.74 Å². The van der Waals surface area contributed by atoms with Crippen molar-refractivity contribution in [3.8, 4) is 17.2 Å². The molecule has 0 fully saturated rings. The van der Waals surface area contributed by atoms with Gasteiger partial charge < -0.3 is 29.6 Å². The lowest BCUT2D eigenvalue weighted by molar-refractivity contribution is 0.0594. The molecule has 0 bridgehead atoms. The highest BCUT2D eigenvalue weighted by Gasteiger charge is 2.23.